The number of amides is 1. The van der Waals surface area contributed by atoms with E-state index in [0.29, 0.717) is 24.9 Å². The molecule has 29 heavy (non-hydrogen) atoms. The van der Waals surface area contributed by atoms with Gasteiger partial charge in [-0.15, -0.1) is 35.3 Å². The number of alkyl halides is 3. The molecule has 160 valence electrons. The molecule has 0 aliphatic carbocycles. The Morgan fingerprint density at radius 1 is 1.28 bits per heavy atom. The number of halogens is 4. The number of nitrogens with one attached hydrogen (secondary N) is 3. The first-order valence-corrected chi connectivity index (χ1v) is 9.42. The average Bonchev–Trinajstić information content (AvgIpc) is 3.11. The highest BCUT2D eigenvalue weighted by molar-refractivity contribution is 14.0. The standard InChI is InChI=1S/C17H21F3N6OS.HI/c1-3-21-16(24-9-15-25-12(10-28-15)17(18,19)20)22-7-6-14(27)26-13-5-4-11(2)8-23-13;/h4-5,8,10H,3,6-7,9H2,1-2H3,(H2,21,22,24)(H,23,26,27);1H. The van der Waals surface area contributed by atoms with Crippen molar-refractivity contribution in [3.05, 3.63) is 40.0 Å². The van der Waals surface area contributed by atoms with Gasteiger partial charge in [0.05, 0.1) is 6.54 Å². The van der Waals surface area contributed by atoms with Crippen LogP contribution in [-0.4, -0.2) is 34.9 Å². The molecule has 2 aromatic heterocycles. The Kier molecular flexibility index (Phi) is 10.3. The molecule has 0 aliphatic heterocycles. The van der Waals surface area contributed by atoms with Crippen molar-refractivity contribution in [3.8, 4) is 0 Å². The highest BCUT2D eigenvalue weighted by Gasteiger charge is 2.33. The predicted octanol–water partition coefficient (Wildman–Crippen LogP) is 3.57. The lowest BCUT2D eigenvalue weighted by Crippen LogP contribution is -2.38. The summed E-state index contributed by atoms with van der Waals surface area (Å²) in [5.74, 6) is 0.655. The smallest absolute Gasteiger partial charge is 0.357 e. The molecule has 3 N–H and O–H groups in total. The maximum Gasteiger partial charge on any atom is 0.434 e. The lowest BCUT2D eigenvalue weighted by Gasteiger charge is -2.11. The average molecular weight is 542 g/mol. The molecule has 2 rings (SSSR count). The molecule has 0 spiro atoms. The van der Waals surface area contributed by atoms with Gasteiger partial charge in [-0.1, -0.05) is 6.07 Å². The number of anilines is 1. The third kappa shape index (κ3) is 8.94. The van der Waals surface area contributed by atoms with Crippen molar-refractivity contribution in [1.82, 2.24) is 20.6 Å². The molecule has 1 amide bonds. The van der Waals surface area contributed by atoms with Crippen molar-refractivity contribution in [2.45, 2.75) is 33.0 Å². The molecule has 12 heteroatoms. The molecule has 0 aliphatic rings. The Morgan fingerprint density at radius 3 is 2.62 bits per heavy atom. The maximum absolute atomic E-state index is 12.6. The Hall–Kier alpha value is -1.96. The van der Waals surface area contributed by atoms with Gasteiger partial charge in [-0.05, 0) is 25.5 Å². The summed E-state index contributed by atoms with van der Waals surface area (Å²) in [5, 5.41) is 9.84. The molecule has 0 bridgehead atoms. The summed E-state index contributed by atoms with van der Waals surface area (Å²) in [7, 11) is 0. The van der Waals surface area contributed by atoms with Crippen molar-refractivity contribution < 1.29 is 18.0 Å². The van der Waals surface area contributed by atoms with Crippen LogP contribution in [0.3, 0.4) is 0 Å². The van der Waals surface area contributed by atoms with E-state index < -0.39 is 11.9 Å². The SMILES string of the molecule is CCNC(=NCc1nc(C(F)(F)F)cs1)NCCC(=O)Nc1ccc(C)cn1.I. The maximum atomic E-state index is 12.6. The number of guanidine groups is 1. The predicted molar refractivity (Wildman–Crippen MR) is 118 cm³/mol. The van der Waals surface area contributed by atoms with E-state index in [4.69, 9.17) is 0 Å². The third-order valence-corrected chi connectivity index (χ3v) is 4.22. The second-order valence-corrected chi connectivity index (χ2v) is 6.71. The van der Waals surface area contributed by atoms with Crippen molar-refractivity contribution in [2.75, 3.05) is 18.4 Å². The first-order valence-electron chi connectivity index (χ1n) is 8.54. The van der Waals surface area contributed by atoms with E-state index in [2.05, 4.69) is 30.9 Å². The minimum absolute atomic E-state index is 0. The largest absolute Gasteiger partial charge is 0.434 e. The number of pyridine rings is 1. The summed E-state index contributed by atoms with van der Waals surface area (Å²) < 4.78 is 37.7. The van der Waals surface area contributed by atoms with Crippen LogP contribution < -0.4 is 16.0 Å². The van der Waals surface area contributed by atoms with Gasteiger partial charge in [0, 0.05) is 31.1 Å². The summed E-state index contributed by atoms with van der Waals surface area (Å²) in [6.07, 6.45) is -2.62. The molecule has 7 nitrogen and oxygen atoms in total. The van der Waals surface area contributed by atoms with Crippen LogP contribution in [0.15, 0.2) is 28.7 Å². The molecule has 0 fully saturated rings. The highest BCUT2D eigenvalue weighted by atomic mass is 127. The van der Waals surface area contributed by atoms with Crippen LogP contribution in [0.25, 0.3) is 0 Å². The molecule has 0 atom stereocenters. The van der Waals surface area contributed by atoms with Crippen molar-refractivity contribution in [2.24, 2.45) is 4.99 Å². The van der Waals surface area contributed by atoms with Crippen LogP contribution in [0.4, 0.5) is 19.0 Å². The number of aromatic nitrogens is 2. The summed E-state index contributed by atoms with van der Waals surface area (Å²) in [6.45, 7) is 4.64. The molecule has 0 radical (unpaired) electrons. The number of carbonyl (C=O) groups excluding carboxylic acids is 1. The second-order valence-electron chi connectivity index (χ2n) is 5.77. The number of nitrogens with zero attached hydrogens (tertiary/aromatic N) is 3. The molecule has 0 aromatic carbocycles. The fraction of sp³-hybridized carbons (Fsp3) is 0.412. The number of carbonyl (C=O) groups is 1. The second kappa shape index (κ2) is 11.9. The van der Waals surface area contributed by atoms with Crippen LogP contribution in [0.2, 0.25) is 0 Å². The van der Waals surface area contributed by atoms with Gasteiger partial charge >= 0.3 is 6.18 Å². The molecule has 0 saturated heterocycles. The van der Waals surface area contributed by atoms with E-state index in [1.165, 1.54) is 0 Å². The van der Waals surface area contributed by atoms with E-state index in [0.717, 1.165) is 22.3 Å². The Balaban J connectivity index is 0.00000420. The Morgan fingerprint density at radius 2 is 2.03 bits per heavy atom. The van der Waals surface area contributed by atoms with Gasteiger partial charge in [0.2, 0.25) is 5.91 Å². The van der Waals surface area contributed by atoms with Gasteiger partial charge in [0.15, 0.2) is 11.7 Å². The van der Waals surface area contributed by atoms with Gasteiger partial charge in [-0.3, -0.25) is 4.79 Å². The van der Waals surface area contributed by atoms with Crippen LogP contribution in [0.5, 0.6) is 0 Å². The number of hydrogen-bond acceptors (Lipinski definition) is 5. The minimum atomic E-state index is -4.46. The molecule has 0 unspecified atom stereocenters. The zero-order valence-electron chi connectivity index (χ0n) is 15.8. The first kappa shape index (κ1) is 25.1. The van der Waals surface area contributed by atoms with Gasteiger partial charge in [-0.25, -0.2) is 15.0 Å². The van der Waals surface area contributed by atoms with E-state index >= 15 is 0 Å². The summed E-state index contributed by atoms with van der Waals surface area (Å²) in [6, 6.07) is 3.56. The summed E-state index contributed by atoms with van der Waals surface area (Å²) >= 11 is 0.903. The lowest BCUT2D eigenvalue weighted by atomic mass is 10.3. The van der Waals surface area contributed by atoms with Crippen molar-refractivity contribution in [3.63, 3.8) is 0 Å². The zero-order valence-corrected chi connectivity index (χ0v) is 19.0. The quantitative estimate of drug-likeness (QED) is 0.283. The van der Waals surface area contributed by atoms with Gasteiger partial charge in [-0.2, -0.15) is 13.2 Å². The fourth-order valence-corrected chi connectivity index (χ4v) is 2.77. The normalized spacial score (nSPS) is 11.6. The Bertz CT molecular complexity index is 810. The molecule has 2 aromatic rings. The molecule has 0 saturated carbocycles. The van der Waals surface area contributed by atoms with Crippen molar-refractivity contribution in [1.29, 1.82) is 0 Å². The highest BCUT2D eigenvalue weighted by Crippen LogP contribution is 2.30. The number of thiazole rings is 1. The molecular weight excluding hydrogens is 520 g/mol. The van der Waals surface area contributed by atoms with Crippen molar-refractivity contribution >= 4 is 53.0 Å². The lowest BCUT2D eigenvalue weighted by molar-refractivity contribution is -0.140. The van der Waals surface area contributed by atoms with Crippen LogP contribution in [0.1, 0.15) is 29.6 Å². The summed E-state index contributed by atoms with van der Waals surface area (Å²) in [4.78, 5) is 23.8. The monoisotopic (exact) mass is 542 g/mol. The Labute approximate surface area is 187 Å². The number of rotatable bonds is 7. The van der Waals surface area contributed by atoms with Crippen LogP contribution in [0, 0.1) is 6.92 Å². The zero-order chi connectivity index (χ0) is 20.6. The fourth-order valence-electron chi connectivity index (χ4n) is 2.04. The van der Waals surface area contributed by atoms with E-state index in [-0.39, 0.29) is 47.9 Å². The van der Waals surface area contributed by atoms with Crippen LogP contribution >= 0.6 is 35.3 Å². The molecule has 2 heterocycles. The first-order chi connectivity index (χ1) is 13.3. The number of aliphatic imine (C=N–C) groups is 1. The van der Waals surface area contributed by atoms with Gasteiger partial charge in [0.1, 0.15) is 10.8 Å². The third-order valence-electron chi connectivity index (χ3n) is 3.38. The summed E-state index contributed by atoms with van der Waals surface area (Å²) in [5.41, 5.74) is 0.0794. The van der Waals surface area contributed by atoms with Gasteiger partial charge < -0.3 is 16.0 Å². The van der Waals surface area contributed by atoms with E-state index in [1.807, 2.05) is 19.9 Å². The number of aryl methyl sites for hydroxylation is 1. The minimum Gasteiger partial charge on any atom is -0.357 e. The van der Waals surface area contributed by atoms with Crippen LogP contribution in [-0.2, 0) is 17.5 Å². The van der Waals surface area contributed by atoms with Gasteiger partial charge in [0.25, 0.3) is 0 Å². The molecular formula is C17H22F3IN6OS. The van der Waals surface area contributed by atoms with E-state index in [9.17, 15) is 18.0 Å². The van der Waals surface area contributed by atoms with E-state index in [1.54, 1.807) is 12.3 Å². The topological polar surface area (TPSA) is 91.3 Å². The number of hydrogen-bond donors (Lipinski definition) is 3.